The minimum Gasteiger partial charge on any atom is -1.00 e. The Balaban J connectivity index is 0.000000529. The fourth-order valence-electron chi connectivity index (χ4n) is 2.29. The minimum atomic E-state index is 0. The number of hydrogen-bond donors (Lipinski definition) is 0. The SMILES string of the molecule is [C-]1=CC=CC1.[Cl-].[Cl-].[Zr+4].c1ccc(-c2cc3ccccc3[cH-]2)cc1. The Bertz CT molecular complexity index is 699. The average Bonchev–Trinajstić information content (AvgIpc) is 3.20. The maximum absolute atomic E-state index is 2.99. The Hall–Kier alpha value is -1.01. The molecule has 1 aliphatic carbocycles. The van der Waals surface area contributed by atoms with Crippen molar-refractivity contribution in [3.63, 3.8) is 0 Å². The van der Waals surface area contributed by atoms with E-state index in [9.17, 15) is 0 Å². The number of fused-ring (bicyclic) bond motifs is 1. The summed E-state index contributed by atoms with van der Waals surface area (Å²) in [4.78, 5) is 0. The van der Waals surface area contributed by atoms with Gasteiger partial charge in [0, 0.05) is 0 Å². The van der Waals surface area contributed by atoms with E-state index in [1.54, 1.807) is 0 Å². The predicted molar refractivity (Wildman–Crippen MR) is 86.5 cm³/mol. The summed E-state index contributed by atoms with van der Waals surface area (Å²) in [6.07, 6.45) is 10.0. The number of benzene rings is 2. The van der Waals surface area contributed by atoms with E-state index >= 15 is 0 Å². The van der Waals surface area contributed by atoms with Gasteiger partial charge in [0.1, 0.15) is 0 Å². The first-order valence-electron chi connectivity index (χ1n) is 6.86. The molecule has 0 saturated heterocycles. The zero-order chi connectivity index (χ0) is 13.6. The fraction of sp³-hybridized carbons (Fsp3) is 0.0500. The van der Waals surface area contributed by atoms with Crippen molar-refractivity contribution in [3.8, 4) is 11.1 Å². The predicted octanol–water partition coefficient (Wildman–Crippen LogP) is -0.463. The number of allylic oxidation sites excluding steroid dienone is 4. The van der Waals surface area contributed by atoms with E-state index in [-0.39, 0.29) is 51.0 Å². The van der Waals surface area contributed by atoms with Gasteiger partial charge in [-0.1, -0.05) is 54.1 Å². The van der Waals surface area contributed by atoms with E-state index in [1.807, 2.05) is 18.2 Å². The van der Waals surface area contributed by atoms with Crippen molar-refractivity contribution >= 4 is 10.8 Å². The van der Waals surface area contributed by atoms with Gasteiger partial charge in [0.25, 0.3) is 0 Å². The molecule has 0 aromatic heterocycles. The minimum absolute atomic E-state index is 0. The fourth-order valence-corrected chi connectivity index (χ4v) is 2.29. The summed E-state index contributed by atoms with van der Waals surface area (Å²) >= 11 is 0. The van der Waals surface area contributed by atoms with Crippen molar-refractivity contribution < 1.29 is 51.0 Å². The third-order valence-corrected chi connectivity index (χ3v) is 3.31. The normalized spacial score (nSPS) is 10.8. The van der Waals surface area contributed by atoms with Crippen LogP contribution in [-0.2, 0) is 26.2 Å². The molecule has 0 spiro atoms. The number of hydrogen-bond acceptors (Lipinski definition) is 0. The Morgan fingerprint density at radius 2 is 1.57 bits per heavy atom. The van der Waals surface area contributed by atoms with Crippen molar-refractivity contribution in [2.24, 2.45) is 0 Å². The van der Waals surface area contributed by atoms with E-state index in [0.717, 1.165) is 6.42 Å². The molecule has 0 heterocycles. The monoisotopic (exact) mass is 416 g/mol. The second-order valence-corrected chi connectivity index (χ2v) is 4.74. The Labute approximate surface area is 169 Å². The van der Waals surface area contributed by atoms with Crippen molar-refractivity contribution in [3.05, 3.63) is 91.0 Å². The van der Waals surface area contributed by atoms with Gasteiger partial charge >= 0.3 is 26.2 Å². The van der Waals surface area contributed by atoms with E-state index in [4.69, 9.17) is 0 Å². The van der Waals surface area contributed by atoms with Crippen LogP contribution in [-0.4, -0.2) is 0 Å². The van der Waals surface area contributed by atoms with Crippen LogP contribution in [0, 0.1) is 6.08 Å². The summed E-state index contributed by atoms with van der Waals surface area (Å²) in [5.74, 6) is 0. The summed E-state index contributed by atoms with van der Waals surface area (Å²) < 4.78 is 0. The van der Waals surface area contributed by atoms with Gasteiger partial charge in [0.05, 0.1) is 0 Å². The molecule has 0 unspecified atom stereocenters. The second-order valence-electron chi connectivity index (χ2n) is 4.74. The molecule has 0 N–H and O–H groups in total. The third-order valence-electron chi connectivity index (χ3n) is 3.31. The number of halogens is 2. The summed E-state index contributed by atoms with van der Waals surface area (Å²) in [6.45, 7) is 0. The first kappa shape index (κ1) is 22.0. The van der Waals surface area contributed by atoms with Crippen molar-refractivity contribution in [1.29, 1.82) is 0 Å². The number of rotatable bonds is 1. The molecule has 0 fully saturated rings. The molecule has 0 atom stereocenters. The second kappa shape index (κ2) is 11.5. The van der Waals surface area contributed by atoms with Crippen molar-refractivity contribution in [2.75, 3.05) is 0 Å². The first-order chi connectivity index (χ1) is 9.93. The van der Waals surface area contributed by atoms with Crippen LogP contribution in [0.5, 0.6) is 0 Å². The van der Waals surface area contributed by atoms with Crippen LogP contribution < -0.4 is 24.8 Å². The maximum atomic E-state index is 2.99. The van der Waals surface area contributed by atoms with Gasteiger partial charge in [-0.3, -0.25) is 6.08 Å². The van der Waals surface area contributed by atoms with Gasteiger partial charge < -0.3 is 24.8 Å². The van der Waals surface area contributed by atoms with Gasteiger partial charge in [-0.2, -0.15) is 6.08 Å². The third kappa shape index (κ3) is 6.18. The molecule has 0 aliphatic heterocycles. The standard InChI is InChI=1S/C15H11.C5H5.2ClH.Zr/c1-2-6-12(7-3-1)15-10-13-8-4-5-9-14(13)11-15;1-2-4-5-3-1;;;/h1-11H;1-3H,4H2;2*1H;/q2*-1;;;+4/p-2. The van der Waals surface area contributed by atoms with Crippen LogP contribution in [0.15, 0.2) is 85.0 Å². The Morgan fingerprint density at radius 1 is 0.870 bits per heavy atom. The first-order valence-corrected chi connectivity index (χ1v) is 6.86. The molecule has 1 aliphatic rings. The molecule has 0 bridgehead atoms. The smallest absolute Gasteiger partial charge is 1.00 e. The molecule has 23 heavy (non-hydrogen) atoms. The average molecular weight is 418 g/mol. The molecular formula is C20H16Cl2Zr. The largest absolute Gasteiger partial charge is 4.00 e. The topological polar surface area (TPSA) is 0 Å². The molecule has 3 heteroatoms. The van der Waals surface area contributed by atoms with Gasteiger partial charge in [-0.05, 0) is 0 Å². The Morgan fingerprint density at radius 3 is 2.13 bits per heavy atom. The Kier molecular flexibility index (Phi) is 11.0. The summed E-state index contributed by atoms with van der Waals surface area (Å²) in [5.41, 5.74) is 2.59. The van der Waals surface area contributed by atoms with Gasteiger partial charge in [-0.25, -0.2) is 12.2 Å². The van der Waals surface area contributed by atoms with Crippen molar-refractivity contribution in [2.45, 2.75) is 6.42 Å². The molecule has 114 valence electrons. The summed E-state index contributed by atoms with van der Waals surface area (Å²) in [5, 5.41) is 2.63. The summed E-state index contributed by atoms with van der Waals surface area (Å²) in [7, 11) is 0. The van der Waals surface area contributed by atoms with Crippen LogP contribution in [0.3, 0.4) is 0 Å². The van der Waals surface area contributed by atoms with Crippen molar-refractivity contribution in [1.82, 2.24) is 0 Å². The van der Waals surface area contributed by atoms with Gasteiger partial charge in [-0.15, -0.1) is 41.0 Å². The maximum Gasteiger partial charge on any atom is 4.00 e. The molecule has 0 amide bonds. The quantitative estimate of drug-likeness (QED) is 0.469. The molecule has 3 aromatic carbocycles. The zero-order valence-electron chi connectivity index (χ0n) is 12.5. The molecule has 3 aromatic rings. The zero-order valence-corrected chi connectivity index (χ0v) is 16.5. The van der Waals surface area contributed by atoms with Crippen LogP contribution in [0.2, 0.25) is 0 Å². The molecule has 0 saturated carbocycles. The molecule has 0 radical (unpaired) electrons. The summed E-state index contributed by atoms with van der Waals surface area (Å²) in [6, 6.07) is 23.4. The van der Waals surface area contributed by atoms with E-state index in [1.165, 1.54) is 21.9 Å². The van der Waals surface area contributed by atoms with Gasteiger partial charge in [0.15, 0.2) is 0 Å². The van der Waals surface area contributed by atoms with Gasteiger partial charge in [0.2, 0.25) is 0 Å². The van der Waals surface area contributed by atoms with E-state index < -0.39 is 0 Å². The molecular weight excluding hydrogens is 402 g/mol. The molecule has 0 nitrogen and oxygen atoms in total. The van der Waals surface area contributed by atoms with Crippen LogP contribution in [0.4, 0.5) is 0 Å². The molecule has 4 rings (SSSR count). The van der Waals surface area contributed by atoms with Crippen LogP contribution in [0.25, 0.3) is 21.9 Å². The van der Waals surface area contributed by atoms with Crippen LogP contribution in [0.1, 0.15) is 6.42 Å². The van der Waals surface area contributed by atoms with Crippen LogP contribution >= 0.6 is 0 Å². The van der Waals surface area contributed by atoms with E-state index in [2.05, 4.69) is 72.8 Å². The van der Waals surface area contributed by atoms with E-state index in [0.29, 0.717) is 0 Å².